The van der Waals surface area contributed by atoms with Crippen molar-refractivity contribution < 1.29 is 4.79 Å². The maximum atomic E-state index is 11.8. The van der Waals surface area contributed by atoms with Gasteiger partial charge in [-0.05, 0) is 19.9 Å². The summed E-state index contributed by atoms with van der Waals surface area (Å²) in [6.45, 7) is 6.09. The third kappa shape index (κ3) is 3.44. The van der Waals surface area contributed by atoms with E-state index in [-0.39, 0.29) is 5.91 Å². The Morgan fingerprint density at radius 3 is 2.53 bits per heavy atom. The minimum absolute atomic E-state index is 0.0252. The first-order valence-electron chi connectivity index (χ1n) is 6.00. The molecule has 0 saturated heterocycles. The molecule has 0 aliphatic carbocycles. The van der Waals surface area contributed by atoms with Crippen LogP contribution in [0.15, 0.2) is 28.9 Å². The van der Waals surface area contributed by atoms with E-state index in [9.17, 15) is 4.79 Å². The van der Waals surface area contributed by atoms with Gasteiger partial charge in [0.05, 0.1) is 0 Å². The number of hydrogen-bond donors (Lipinski definition) is 0. The summed E-state index contributed by atoms with van der Waals surface area (Å²) >= 11 is 0. The average molecular weight is 235 g/mol. The lowest BCUT2D eigenvalue weighted by atomic mass is 10.2. The number of nitrogens with zero attached hydrogens (tertiary/aromatic N) is 3. The number of amidine groups is 1. The standard InChI is InChI=1S/C13H21N3O/c1-5-16(6-2)12-8-7-11(9-10-14-12)13(17)15(3)4/h7,9-10H,5-6,8H2,1-4H3. The van der Waals surface area contributed by atoms with Crippen LogP contribution in [0.5, 0.6) is 0 Å². The lowest BCUT2D eigenvalue weighted by Crippen LogP contribution is -2.30. The van der Waals surface area contributed by atoms with Crippen LogP contribution in [0.1, 0.15) is 20.3 Å². The zero-order chi connectivity index (χ0) is 12.8. The topological polar surface area (TPSA) is 35.9 Å². The van der Waals surface area contributed by atoms with E-state index in [1.165, 1.54) is 0 Å². The molecule has 1 aliphatic heterocycles. The van der Waals surface area contributed by atoms with Crippen LogP contribution in [0.25, 0.3) is 0 Å². The Morgan fingerprint density at radius 1 is 1.35 bits per heavy atom. The van der Waals surface area contributed by atoms with Gasteiger partial charge in [-0.2, -0.15) is 0 Å². The van der Waals surface area contributed by atoms with Crippen molar-refractivity contribution in [3.05, 3.63) is 23.9 Å². The van der Waals surface area contributed by atoms with E-state index >= 15 is 0 Å². The summed E-state index contributed by atoms with van der Waals surface area (Å²) in [4.78, 5) is 20.0. The Morgan fingerprint density at radius 2 is 2.00 bits per heavy atom. The number of carbonyl (C=O) groups excluding carboxylic acids is 1. The highest BCUT2D eigenvalue weighted by molar-refractivity contribution is 5.97. The van der Waals surface area contributed by atoms with Gasteiger partial charge in [0.2, 0.25) is 0 Å². The maximum absolute atomic E-state index is 11.8. The summed E-state index contributed by atoms with van der Waals surface area (Å²) in [6, 6.07) is 0. The molecule has 0 atom stereocenters. The molecule has 0 saturated carbocycles. The molecule has 1 amide bonds. The fourth-order valence-corrected chi connectivity index (χ4v) is 1.74. The average Bonchev–Trinajstić information content (AvgIpc) is 2.55. The van der Waals surface area contributed by atoms with Crippen molar-refractivity contribution >= 4 is 11.7 Å². The SMILES string of the molecule is CCN(CC)C1=NC=CC(C(=O)N(C)C)=CC1. The summed E-state index contributed by atoms with van der Waals surface area (Å²) in [5.41, 5.74) is 0.709. The van der Waals surface area contributed by atoms with Gasteiger partial charge in [-0.25, -0.2) is 4.99 Å². The van der Waals surface area contributed by atoms with E-state index in [1.54, 1.807) is 31.3 Å². The molecule has 0 bridgehead atoms. The van der Waals surface area contributed by atoms with E-state index < -0.39 is 0 Å². The second-order valence-electron chi connectivity index (χ2n) is 4.10. The zero-order valence-electron chi connectivity index (χ0n) is 11.1. The monoisotopic (exact) mass is 235 g/mol. The summed E-state index contributed by atoms with van der Waals surface area (Å²) in [5.74, 6) is 1.05. The van der Waals surface area contributed by atoms with Crippen LogP contribution < -0.4 is 0 Å². The largest absolute Gasteiger partial charge is 0.360 e. The Bertz CT molecular complexity index is 363. The fraction of sp³-hybridized carbons (Fsp3) is 0.538. The Kier molecular flexibility index (Phi) is 4.94. The van der Waals surface area contributed by atoms with E-state index in [0.717, 1.165) is 18.9 Å². The molecule has 4 heteroatoms. The molecule has 0 aromatic rings. The van der Waals surface area contributed by atoms with Gasteiger partial charge >= 0.3 is 0 Å². The molecule has 94 valence electrons. The smallest absolute Gasteiger partial charge is 0.253 e. The van der Waals surface area contributed by atoms with Crippen molar-refractivity contribution in [2.75, 3.05) is 27.2 Å². The van der Waals surface area contributed by atoms with Crippen LogP contribution in [0.4, 0.5) is 0 Å². The number of amides is 1. The Balaban J connectivity index is 2.80. The molecular weight excluding hydrogens is 214 g/mol. The van der Waals surface area contributed by atoms with Crippen LogP contribution in [0.3, 0.4) is 0 Å². The molecule has 17 heavy (non-hydrogen) atoms. The second kappa shape index (κ2) is 6.23. The molecule has 0 radical (unpaired) electrons. The molecule has 0 fully saturated rings. The maximum Gasteiger partial charge on any atom is 0.253 e. The zero-order valence-corrected chi connectivity index (χ0v) is 11.1. The van der Waals surface area contributed by atoms with Crippen LogP contribution in [0.2, 0.25) is 0 Å². The van der Waals surface area contributed by atoms with Crippen molar-refractivity contribution in [1.82, 2.24) is 9.80 Å². The van der Waals surface area contributed by atoms with Gasteiger partial charge in [-0.15, -0.1) is 0 Å². The van der Waals surface area contributed by atoms with Gasteiger partial charge in [0.1, 0.15) is 5.84 Å². The van der Waals surface area contributed by atoms with Crippen LogP contribution in [-0.4, -0.2) is 48.7 Å². The molecule has 0 unspecified atom stereocenters. The number of rotatable bonds is 3. The van der Waals surface area contributed by atoms with E-state index in [0.29, 0.717) is 12.0 Å². The van der Waals surface area contributed by atoms with Gasteiger partial charge < -0.3 is 9.80 Å². The predicted molar refractivity (Wildman–Crippen MR) is 70.9 cm³/mol. The Hall–Kier alpha value is -1.58. The highest BCUT2D eigenvalue weighted by Gasteiger charge is 2.12. The molecule has 4 nitrogen and oxygen atoms in total. The van der Waals surface area contributed by atoms with E-state index in [4.69, 9.17) is 0 Å². The molecule has 1 rings (SSSR count). The van der Waals surface area contributed by atoms with E-state index in [1.807, 2.05) is 6.08 Å². The summed E-state index contributed by atoms with van der Waals surface area (Å²) in [6.07, 6.45) is 6.15. The van der Waals surface area contributed by atoms with Crippen molar-refractivity contribution in [2.45, 2.75) is 20.3 Å². The predicted octanol–water partition coefficient (Wildman–Crippen LogP) is 1.66. The van der Waals surface area contributed by atoms with Gasteiger partial charge in [-0.3, -0.25) is 4.79 Å². The number of carbonyl (C=O) groups is 1. The lowest BCUT2D eigenvalue weighted by molar-refractivity contribution is -0.124. The van der Waals surface area contributed by atoms with Crippen molar-refractivity contribution in [3.63, 3.8) is 0 Å². The summed E-state index contributed by atoms with van der Waals surface area (Å²) in [5, 5.41) is 0. The first-order chi connectivity index (χ1) is 8.10. The van der Waals surface area contributed by atoms with Gasteiger partial charge in [-0.1, -0.05) is 6.08 Å². The third-order valence-electron chi connectivity index (χ3n) is 2.76. The molecule has 0 N–H and O–H groups in total. The molecule has 1 aliphatic rings. The third-order valence-corrected chi connectivity index (χ3v) is 2.76. The number of hydrogen-bond acceptors (Lipinski definition) is 3. The van der Waals surface area contributed by atoms with E-state index in [2.05, 4.69) is 23.7 Å². The van der Waals surface area contributed by atoms with Crippen molar-refractivity contribution in [3.8, 4) is 0 Å². The molecule has 0 aromatic carbocycles. The first-order valence-corrected chi connectivity index (χ1v) is 6.00. The summed E-state index contributed by atoms with van der Waals surface area (Å²) < 4.78 is 0. The fourth-order valence-electron chi connectivity index (χ4n) is 1.74. The lowest BCUT2D eigenvalue weighted by Gasteiger charge is -2.21. The van der Waals surface area contributed by atoms with Crippen LogP contribution in [0, 0.1) is 0 Å². The van der Waals surface area contributed by atoms with Crippen molar-refractivity contribution in [2.24, 2.45) is 4.99 Å². The molecular formula is C13H21N3O. The summed E-state index contributed by atoms with van der Waals surface area (Å²) in [7, 11) is 3.52. The number of likely N-dealkylation sites (N-methyl/N-ethyl adjacent to an activating group) is 1. The van der Waals surface area contributed by atoms with Gasteiger partial charge in [0.15, 0.2) is 0 Å². The van der Waals surface area contributed by atoms with Gasteiger partial charge in [0, 0.05) is 45.4 Å². The normalized spacial score (nSPS) is 14.8. The molecule has 0 aromatic heterocycles. The minimum Gasteiger partial charge on any atom is -0.360 e. The number of aliphatic imine (C=N–C) groups is 1. The highest BCUT2D eigenvalue weighted by atomic mass is 16.2. The highest BCUT2D eigenvalue weighted by Crippen LogP contribution is 2.10. The quantitative estimate of drug-likeness (QED) is 0.746. The van der Waals surface area contributed by atoms with Crippen molar-refractivity contribution in [1.29, 1.82) is 0 Å². The van der Waals surface area contributed by atoms with Crippen LogP contribution in [-0.2, 0) is 4.79 Å². The Labute approximate surface area is 103 Å². The molecule has 0 spiro atoms. The second-order valence-corrected chi connectivity index (χ2v) is 4.10. The minimum atomic E-state index is 0.0252. The molecule has 1 heterocycles. The first kappa shape index (κ1) is 13.5. The van der Waals surface area contributed by atoms with Crippen LogP contribution >= 0.6 is 0 Å². The van der Waals surface area contributed by atoms with Gasteiger partial charge in [0.25, 0.3) is 5.91 Å².